The minimum Gasteiger partial charge on any atom is -0.497 e. The largest absolute Gasteiger partial charge is 0.497 e. The summed E-state index contributed by atoms with van der Waals surface area (Å²) < 4.78 is 47.6. The summed E-state index contributed by atoms with van der Waals surface area (Å²) in [6, 6.07) is 10.3. The van der Waals surface area contributed by atoms with Crippen LogP contribution in [-0.4, -0.2) is 45.4 Å². The fourth-order valence-electron chi connectivity index (χ4n) is 2.87. The molecule has 2 rings (SSSR count). The number of aliphatic hydroxyl groups is 1. The molecule has 0 spiro atoms. The van der Waals surface area contributed by atoms with E-state index in [1.54, 1.807) is 18.2 Å². The first-order valence-corrected chi connectivity index (χ1v) is 10.9. The van der Waals surface area contributed by atoms with Crippen LogP contribution in [0.15, 0.2) is 41.3 Å². The summed E-state index contributed by atoms with van der Waals surface area (Å²) in [6.45, 7) is 3.73. The third kappa shape index (κ3) is 7.18. The number of nitrogens with zero attached hydrogens (tertiary/aromatic N) is 1. The third-order valence-electron chi connectivity index (χ3n) is 4.54. The molecule has 1 atom stereocenters. The van der Waals surface area contributed by atoms with Gasteiger partial charge in [-0.25, -0.2) is 17.9 Å². The van der Waals surface area contributed by atoms with Crippen LogP contribution in [0.25, 0.3) is 0 Å². The molecular formula is C21H26FN3O5S. The summed E-state index contributed by atoms with van der Waals surface area (Å²) in [5.74, 6) is 0.155. The van der Waals surface area contributed by atoms with Crippen LogP contribution < -0.4 is 19.9 Å². The standard InChI is InChI=1S/C21H26FN3O5S/c1-21(2,10-14-5-7-18(9-19(14)22)31(24,27)28)25-12-16(26)13-30-20-8-17(29-3)6-4-15(20)11-23/h4-9,16,25-26H,10,12-13H2,1-3H3,(H2,24,27,28)/t16-/m0/s1. The van der Waals surface area contributed by atoms with Gasteiger partial charge < -0.3 is 19.9 Å². The number of rotatable bonds is 10. The van der Waals surface area contributed by atoms with Crippen LogP contribution in [0.1, 0.15) is 25.0 Å². The van der Waals surface area contributed by atoms with Crippen molar-refractivity contribution in [1.82, 2.24) is 5.32 Å². The molecule has 0 radical (unpaired) electrons. The van der Waals surface area contributed by atoms with Crippen molar-refractivity contribution in [1.29, 1.82) is 5.26 Å². The van der Waals surface area contributed by atoms with Gasteiger partial charge in [0.05, 0.1) is 17.6 Å². The lowest BCUT2D eigenvalue weighted by atomic mass is 9.94. The van der Waals surface area contributed by atoms with Crippen LogP contribution in [-0.2, 0) is 16.4 Å². The van der Waals surface area contributed by atoms with Gasteiger partial charge in [0.25, 0.3) is 0 Å². The van der Waals surface area contributed by atoms with Gasteiger partial charge in [0.2, 0.25) is 10.0 Å². The van der Waals surface area contributed by atoms with Crippen molar-refractivity contribution in [3.63, 3.8) is 0 Å². The van der Waals surface area contributed by atoms with Crippen molar-refractivity contribution in [3.05, 3.63) is 53.3 Å². The summed E-state index contributed by atoms with van der Waals surface area (Å²) >= 11 is 0. The van der Waals surface area contributed by atoms with Crippen LogP contribution in [0.5, 0.6) is 11.5 Å². The number of ether oxygens (including phenoxy) is 2. The van der Waals surface area contributed by atoms with Gasteiger partial charge in [0.15, 0.2) is 0 Å². The van der Waals surface area contributed by atoms with Gasteiger partial charge in [-0.05, 0) is 50.1 Å². The van der Waals surface area contributed by atoms with Gasteiger partial charge in [0.1, 0.15) is 36.1 Å². The molecule has 0 bridgehead atoms. The molecule has 0 aliphatic heterocycles. The molecule has 8 nitrogen and oxygen atoms in total. The molecular weight excluding hydrogens is 425 g/mol. The number of hydrogen-bond acceptors (Lipinski definition) is 7. The Hall–Kier alpha value is -2.71. The van der Waals surface area contributed by atoms with Crippen molar-refractivity contribution in [2.24, 2.45) is 5.14 Å². The Kier molecular flexibility index (Phi) is 7.97. The predicted octanol–water partition coefficient (Wildman–Crippen LogP) is 1.70. The number of aliphatic hydroxyl groups excluding tert-OH is 1. The molecule has 2 aromatic rings. The molecule has 0 aliphatic carbocycles. The smallest absolute Gasteiger partial charge is 0.238 e. The SMILES string of the molecule is COc1ccc(C#N)c(OC[C@@H](O)CNC(C)(C)Cc2ccc(S(N)(=O)=O)cc2F)c1. The van der Waals surface area contributed by atoms with E-state index < -0.39 is 27.5 Å². The second-order valence-corrected chi connectivity index (χ2v) is 9.24. The van der Waals surface area contributed by atoms with Gasteiger partial charge in [-0.2, -0.15) is 5.26 Å². The van der Waals surface area contributed by atoms with E-state index in [1.165, 1.54) is 19.2 Å². The van der Waals surface area contributed by atoms with E-state index in [-0.39, 0.29) is 24.5 Å². The van der Waals surface area contributed by atoms with Crippen molar-refractivity contribution in [2.75, 3.05) is 20.3 Å². The highest BCUT2D eigenvalue weighted by Gasteiger charge is 2.22. The summed E-state index contributed by atoms with van der Waals surface area (Å²) in [7, 11) is -2.48. The van der Waals surface area contributed by atoms with Crippen molar-refractivity contribution < 1.29 is 27.4 Å². The number of primary sulfonamides is 1. The lowest BCUT2D eigenvalue weighted by Crippen LogP contribution is -2.46. The number of nitrogens with one attached hydrogen (secondary N) is 1. The molecule has 0 heterocycles. The van der Waals surface area contributed by atoms with Crippen LogP contribution >= 0.6 is 0 Å². The molecule has 4 N–H and O–H groups in total. The van der Waals surface area contributed by atoms with Crippen LogP contribution in [0.4, 0.5) is 4.39 Å². The first-order valence-electron chi connectivity index (χ1n) is 9.40. The van der Waals surface area contributed by atoms with Gasteiger partial charge >= 0.3 is 0 Å². The Morgan fingerprint density at radius 1 is 1.29 bits per heavy atom. The van der Waals surface area contributed by atoms with E-state index >= 15 is 0 Å². The summed E-state index contributed by atoms with van der Waals surface area (Å²) in [5.41, 5.74) is 0.0176. The number of β-amino-alcohol motifs (C(OH)–C–C–N with tert-alkyl or cyclic N) is 1. The molecule has 0 fully saturated rings. The number of nitriles is 1. The van der Waals surface area contributed by atoms with Gasteiger partial charge in [0, 0.05) is 18.2 Å². The van der Waals surface area contributed by atoms with Gasteiger partial charge in [-0.1, -0.05) is 6.07 Å². The van der Waals surface area contributed by atoms with Gasteiger partial charge in [-0.15, -0.1) is 0 Å². The number of methoxy groups -OCH3 is 1. The first kappa shape index (κ1) is 24.6. The highest BCUT2D eigenvalue weighted by Crippen LogP contribution is 2.24. The monoisotopic (exact) mass is 451 g/mol. The molecule has 0 saturated heterocycles. The van der Waals surface area contributed by atoms with E-state index in [1.807, 2.05) is 19.9 Å². The molecule has 2 aromatic carbocycles. The average molecular weight is 452 g/mol. The van der Waals surface area contributed by atoms with Crippen molar-refractivity contribution in [3.8, 4) is 17.6 Å². The van der Waals surface area contributed by atoms with E-state index in [4.69, 9.17) is 19.9 Å². The van der Waals surface area contributed by atoms with Crippen molar-refractivity contribution >= 4 is 10.0 Å². The zero-order chi connectivity index (χ0) is 23.2. The second-order valence-electron chi connectivity index (χ2n) is 7.68. The van der Waals surface area contributed by atoms with E-state index in [9.17, 15) is 17.9 Å². The zero-order valence-electron chi connectivity index (χ0n) is 17.6. The minimum atomic E-state index is -3.98. The second kappa shape index (κ2) is 10.1. The molecule has 0 amide bonds. The fraction of sp³-hybridized carbons (Fsp3) is 0.381. The molecule has 0 aromatic heterocycles. The molecule has 0 saturated carbocycles. The third-order valence-corrected chi connectivity index (χ3v) is 5.45. The number of benzene rings is 2. The maximum Gasteiger partial charge on any atom is 0.238 e. The Balaban J connectivity index is 1.94. The first-order chi connectivity index (χ1) is 14.4. The van der Waals surface area contributed by atoms with E-state index in [0.29, 0.717) is 22.6 Å². The van der Waals surface area contributed by atoms with Gasteiger partial charge in [-0.3, -0.25) is 0 Å². The topological polar surface area (TPSA) is 135 Å². The quantitative estimate of drug-likeness (QED) is 0.500. The number of hydrogen-bond donors (Lipinski definition) is 3. The lowest BCUT2D eigenvalue weighted by molar-refractivity contribution is 0.0985. The van der Waals surface area contributed by atoms with E-state index in [0.717, 1.165) is 6.07 Å². The summed E-state index contributed by atoms with van der Waals surface area (Å²) in [6.07, 6.45) is -0.655. The van der Waals surface area contributed by atoms with Crippen LogP contribution in [0, 0.1) is 17.1 Å². The molecule has 10 heteroatoms. The Labute approximate surface area is 181 Å². The molecule has 31 heavy (non-hydrogen) atoms. The zero-order valence-corrected chi connectivity index (χ0v) is 18.4. The average Bonchev–Trinajstić information content (AvgIpc) is 2.71. The Morgan fingerprint density at radius 2 is 2.00 bits per heavy atom. The Morgan fingerprint density at radius 3 is 2.58 bits per heavy atom. The maximum atomic E-state index is 14.3. The summed E-state index contributed by atoms with van der Waals surface area (Å²) in [4.78, 5) is -0.290. The Bertz CT molecular complexity index is 1070. The van der Waals surface area contributed by atoms with Crippen molar-refractivity contribution in [2.45, 2.75) is 36.8 Å². The van der Waals surface area contributed by atoms with Crippen LogP contribution in [0.2, 0.25) is 0 Å². The minimum absolute atomic E-state index is 0.0671. The highest BCUT2D eigenvalue weighted by molar-refractivity contribution is 7.89. The summed E-state index contributed by atoms with van der Waals surface area (Å²) in [5, 5.41) is 27.6. The van der Waals surface area contributed by atoms with Crippen LogP contribution in [0.3, 0.4) is 0 Å². The van der Waals surface area contributed by atoms with E-state index in [2.05, 4.69) is 5.32 Å². The highest BCUT2D eigenvalue weighted by atomic mass is 32.2. The lowest BCUT2D eigenvalue weighted by Gasteiger charge is -2.28. The fourth-order valence-corrected chi connectivity index (χ4v) is 3.39. The number of halogens is 1. The number of nitrogens with two attached hydrogens (primary N) is 1. The normalized spacial score (nSPS) is 12.8. The maximum absolute atomic E-state index is 14.3. The predicted molar refractivity (Wildman–Crippen MR) is 113 cm³/mol. The molecule has 168 valence electrons. The molecule has 0 aliphatic rings. The molecule has 0 unspecified atom stereocenters. The number of sulfonamides is 1.